The van der Waals surface area contributed by atoms with Crippen LogP contribution in [0.25, 0.3) is 10.9 Å². The number of aromatic amines is 1. The predicted molar refractivity (Wildman–Crippen MR) is 147 cm³/mol. The van der Waals surface area contributed by atoms with Gasteiger partial charge in [0, 0.05) is 24.9 Å². The molecular formula is C21H34Cl3N7O2S. The number of thioether (sulfide) groups is 1. The minimum absolute atomic E-state index is 0. The molecule has 0 saturated carbocycles. The highest BCUT2D eigenvalue weighted by Gasteiger charge is 2.26. The second kappa shape index (κ2) is 15.3. The lowest BCUT2D eigenvalue weighted by atomic mass is 10.1. The number of likely N-dealkylation sites (tertiary alicyclic amines) is 1. The van der Waals surface area contributed by atoms with Gasteiger partial charge in [-0.1, -0.05) is 12.1 Å². The number of H-pyrrole nitrogens is 1. The van der Waals surface area contributed by atoms with Crippen LogP contribution in [0.2, 0.25) is 0 Å². The van der Waals surface area contributed by atoms with Crippen LogP contribution in [-0.4, -0.2) is 57.7 Å². The Morgan fingerprint density at radius 3 is 2.65 bits per heavy atom. The molecule has 0 aliphatic carbocycles. The topological polar surface area (TPSA) is 154 Å². The number of hydrogen-bond acceptors (Lipinski definition) is 6. The number of amides is 1. The number of guanidine groups is 1. The molecule has 1 aromatic carbocycles. The van der Waals surface area contributed by atoms with Crippen LogP contribution in [0.1, 0.15) is 37.1 Å². The van der Waals surface area contributed by atoms with Gasteiger partial charge in [-0.25, -0.2) is 4.98 Å². The number of nitrogens with two attached hydrogens (primary N) is 2. The van der Waals surface area contributed by atoms with E-state index >= 15 is 0 Å². The number of carbonyl (C=O) groups excluding carboxylic acids is 1. The highest BCUT2D eigenvalue weighted by Crippen LogP contribution is 2.26. The summed E-state index contributed by atoms with van der Waals surface area (Å²) in [5, 5.41) is 10.9. The van der Waals surface area contributed by atoms with Gasteiger partial charge in [-0.2, -0.15) is 11.8 Å². The van der Waals surface area contributed by atoms with Crippen LogP contribution in [0.3, 0.4) is 0 Å². The minimum Gasteiger partial charge on any atom is -0.370 e. The summed E-state index contributed by atoms with van der Waals surface area (Å²) in [7, 11) is 0. The summed E-state index contributed by atoms with van der Waals surface area (Å²) in [6, 6.07) is 5.10. The molecule has 2 heterocycles. The second-order valence-corrected chi connectivity index (χ2v) is 9.20. The Kier molecular flexibility index (Phi) is 14.5. The van der Waals surface area contributed by atoms with Crippen LogP contribution in [0, 0.1) is 12.3 Å². The maximum Gasteiger partial charge on any atom is 0.258 e. The largest absolute Gasteiger partial charge is 0.370 e. The normalized spacial score (nSPS) is 14.4. The third-order valence-corrected chi connectivity index (χ3v) is 6.90. The Hall–Kier alpha value is -1.72. The number of hydrogen-bond donors (Lipinski definition) is 5. The molecule has 0 unspecified atom stereocenters. The van der Waals surface area contributed by atoms with Crippen molar-refractivity contribution in [3.05, 3.63) is 39.9 Å². The Labute approximate surface area is 222 Å². The van der Waals surface area contributed by atoms with Gasteiger partial charge in [0.05, 0.1) is 22.7 Å². The number of para-hydroxylation sites is 1. The summed E-state index contributed by atoms with van der Waals surface area (Å²) >= 11 is 1.77. The molecule has 1 aliphatic rings. The first-order chi connectivity index (χ1) is 14.8. The molecule has 0 bridgehead atoms. The first-order valence-electron chi connectivity index (χ1n) is 10.6. The average molecular weight is 555 g/mol. The number of rotatable bonds is 8. The number of carbonyl (C=O) groups is 1. The molecule has 34 heavy (non-hydrogen) atoms. The molecule has 192 valence electrons. The standard InChI is InChI=1S/C21H31N7O2S.3ClH/c1-13-4-2-5-15-18(13)26-17(27-19(15)29)12-31-14-7-10-28(11-8-14)20(30)16(22)6-3-9-25-21(23)24;;;/h2,4-5,14,16H,3,6-12,22H2,1H3,(H4,23,24,25)(H,26,27,29);3*1H/t16-;;;/m0.../s1. The van der Waals surface area contributed by atoms with Crippen LogP contribution >= 0.6 is 49.0 Å². The SMILES string of the molecule is Cc1cccc2c(=O)[nH]c(CSC3CCN(C(=O)[C@@H](N)CCCNC(=N)N)CC3)nc12.Cl.Cl.Cl. The molecule has 1 aliphatic heterocycles. The average Bonchev–Trinajstić information content (AvgIpc) is 2.75. The van der Waals surface area contributed by atoms with Gasteiger partial charge >= 0.3 is 0 Å². The molecule has 2 aromatic rings. The fraction of sp³-hybridized carbons (Fsp3) is 0.524. The molecule has 1 atom stereocenters. The second-order valence-electron chi connectivity index (χ2n) is 7.91. The van der Waals surface area contributed by atoms with E-state index in [0.717, 1.165) is 23.9 Å². The lowest BCUT2D eigenvalue weighted by Crippen LogP contribution is -2.47. The molecule has 9 nitrogen and oxygen atoms in total. The van der Waals surface area contributed by atoms with Crippen molar-refractivity contribution in [2.75, 3.05) is 19.6 Å². The molecule has 3 rings (SSSR count). The monoisotopic (exact) mass is 553 g/mol. The molecule has 7 N–H and O–H groups in total. The first-order valence-corrected chi connectivity index (χ1v) is 11.6. The summed E-state index contributed by atoms with van der Waals surface area (Å²) in [4.78, 5) is 34.3. The van der Waals surface area contributed by atoms with Crippen molar-refractivity contribution in [3.63, 3.8) is 0 Å². The van der Waals surface area contributed by atoms with E-state index in [0.29, 0.717) is 54.7 Å². The zero-order chi connectivity index (χ0) is 22.4. The number of halogens is 3. The van der Waals surface area contributed by atoms with Crippen molar-refractivity contribution in [2.45, 2.75) is 49.7 Å². The van der Waals surface area contributed by atoms with Crippen LogP contribution in [-0.2, 0) is 10.5 Å². The number of piperidine rings is 1. The molecular weight excluding hydrogens is 521 g/mol. The maximum absolute atomic E-state index is 12.6. The first kappa shape index (κ1) is 32.3. The Bertz CT molecular complexity index is 1000. The van der Waals surface area contributed by atoms with Crippen LogP contribution < -0.4 is 22.3 Å². The Morgan fingerprint density at radius 1 is 1.32 bits per heavy atom. The van der Waals surface area contributed by atoms with E-state index in [1.54, 1.807) is 17.8 Å². The van der Waals surface area contributed by atoms with Crippen LogP contribution in [0.15, 0.2) is 23.0 Å². The van der Waals surface area contributed by atoms with Crippen molar-refractivity contribution in [1.29, 1.82) is 5.41 Å². The van der Waals surface area contributed by atoms with Gasteiger partial charge in [-0.3, -0.25) is 15.0 Å². The van der Waals surface area contributed by atoms with Crippen molar-refractivity contribution in [3.8, 4) is 0 Å². The number of nitrogens with one attached hydrogen (secondary N) is 3. The third-order valence-electron chi connectivity index (χ3n) is 5.52. The van der Waals surface area contributed by atoms with Gasteiger partial charge in [0.1, 0.15) is 5.82 Å². The fourth-order valence-electron chi connectivity index (χ4n) is 3.76. The summed E-state index contributed by atoms with van der Waals surface area (Å²) in [6.07, 6.45) is 3.04. The lowest BCUT2D eigenvalue weighted by molar-refractivity contribution is -0.133. The van der Waals surface area contributed by atoms with Crippen molar-refractivity contribution >= 4 is 71.8 Å². The number of aryl methyl sites for hydroxylation is 1. The van der Waals surface area contributed by atoms with E-state index in [1.807, 2.05) is 24.0 Å². The molecule has 13 heteroatoms. The van der Waals surface area contributed by atoms with E-state index < -0.39 is 6.04 Å². The number of fused-ring (bicyclic) bond motifs is 1. The van der Waals surface area contributed by atoms with E-state index in [4.69, 9.17) is 16.9 Å². The van der Waals surface area contributed by atoms with Gasteiger partial charge in [-0.15, -0.1) is 37.2 Å². The zero-order valence-corrected chi connectivity index (χ0v) is 22.3. The maximum atomic E-state index is 12.6. The van der Waals surface area contributed by atoms with Gasteiger partial charge in [0.2, 0.25) is 5.91 Å². The highest BCUT2D eigenvalue weighted by atomic mass is 35.5. The van der Waals surface area contributed by atoms with Gasteiger partial charge in [0.15, 0.2) is 5.96 Å². The van der Waals surface area contributed by atoms with E-state index in [1.165, 1.54) is 0 Å². The lowest BCUT2D eigenvalue weighted by Gasteiger charge is -2.33. The van der Waals surface area contributed by atoms with Gasteiger partial charge in [0.25, 0.3) is 5.56 Å². The molecule has 1 fully saturated rings. The fourth-order valence-corrected chi connectivity index (χ4v) is 4.84. The zero-order valence-electron chi connectivity index (χ0n) is 19.0. The molecule has 1 saturated heterocycles. The van der Waals surface area contributed by atoms with E-state index in [9.17, 15) is 9.59 Å². The number of benzene rings is 1. The number of aromatic nitrogens is 2. The quantitative estimate of drug-likeness (QED) is 0.191. The van der Waals surface area contributed by atoms with Gasteiger partial charge in [-0.05, 0) is 44.2 Å². The summed E-state index contributed by atoms with van der Waals surface area (Å²) in [5.41, 5.74) is 13.0. The van der Waals surface area contributed by atoms with Crippen LogP contribution in [0.5, 0.6) is 0 Å². The number of nitrogens with zero attached hydrogens (tertiary/aromatic N) is 2. The molecule has 0 radical (unpaired) electrons. The van der Waals surface area contributed by atoms with Gasteiger partial charge < -0.3 is 26.7 Å². The highest BCUT2D eigenvalue weighted by molar-refractivity contribution is 7.99. The van der Waals surface area contributed by atoms with Crippen molar-refractivity contribution in [2.24, 2.45) is 11.5 Å². The Morgan fingerprint density at radius 2 is 2.00 bits per heavy atom. The van der Waals surface area contributed by atoms with E-state index in [-0.39, 0.29) is 54.6 Å². The summed E-state index contributed by atoms with van der Waals surface area (Å²) < 4.78 is 0. The van der Waals surface area contributed by atoms with Crippen molar-refractivity contribution < 1.29 is 4.79 Å². The molecule has 1 aromatic heterocycles. The minimum atomic E-state index is -0.520. The smallest absolute Gasteiger partial charge is 0.258 e. The third kappa shape index (κ3) is 8.81. The summed E-state index contributed by atoms with van der Waals surface area (Å²) in [6.45, 7) is 3.88. The summed E-state index contributed by atoms with van der Waals surface area (Å²) in [5.74, 6) is 1.25. The molecule has 0 spiro atoms. The molecule has 1 amide bonds. The van der Waals surface area contributed by atoms with Crippen molar-refractivity contribution in [1.82, 2.24) is 20.2 Å². The van der Waals surface area contributed by atoms with E-state index in [2.05, 4.69) is 15.3 Å². The van der Waals surface area contributed by atoms with Crippen LogP contribution in [0.4, 0.5) is 0 Å². The predicted octanol–water partition coefficient (Wildman–Crippen LogP) is 2.31. The Balaban J connectivity index is 0.00000363.